The number of fused-ring (bicyclic) bond motifs is 1. The lowest BCUT2D eigenvalue weighted by Gasteiger charge is -2.08. The number of nitrogens with one attached hydrogen (secondary N) is 2. The van der Waals surface area contributed by atoms with Crippen molar-refractivity contribution < 1.29 is 4.79 Å². The second kappa shape index (κ2) is 7.06. The molecule has 25 heavy (non-hydrogen) atoms. The molecule has 0 aliphatic carbocycles. The fourth-order valence-corrected chi connectivity index (χ4v) is 3.34. The number of carbonyl (C=O) groups excluding carboxylic acids is 1. The fraction of sp³-hybridized carbons (Fsp3) is 0.312. The zero-order chi connectivity index (χ0) is 18.0. The molecule has 0 fully saturated rings. The van der Waals surface area contributed by atoms with Crippen molar-refractivity contribution in [2.24, 2.45) is 21.1 Å². The van der Waals surface area contributed by atoms with Crippen LogP contribution in [0.1, 0.15) is 0 Å². The summed E-state index contributed by atoms with van der Waals surface area (Å²) in [6, 6.07) is 5.12. The van der Waals surface area contributed by atoms with Crippen LogP contribution in [-0.4, -0.2) is 37.0 Å². The Hall–Kier alpha value is -2.68. The SMILES string of the molecule is Cn1ccnc1SCCNC(=O)Nc1ccc2c(c1)n(C)c(=O)n2C. The van der Waals surface area contributed by atoms with Gasteiger partial charge in [-0.05, 0) is 18.2 Å². The van der Waals surface area contributed by atoms with Crippen LogP contribution in [0.4, 0.5) is 10.5 Å². The second-order valence-corrected chi connectivity index (χ2v) is 6.72. The Balaban J connectivity index is 1.56. The molecule has 0 saturated carbocycles. The van der Waals surface area contributed by atoms with Crippen molar-refractivity contribution in [1.29, 1.82) is 0 Å². The first-order chi connectivity index (χ1) is 12.0. The number of urea groups is 1. The number of aromatic nitrogens is 4. The molecule has 0 aliphatic heterocycles. The summed E-state index contributed by atoms with van der Waals surface area (Å²) >= 11 is 1.58. The summed E-state index contributed by atoms with van der Waals surface area (Å²) in [4.78, 5) is 28.2. The highest BCUT2D eigenvalue weighted by atomic mass is 32.2. The molecular formula is C16H20N6O2S. The molecule has 1 aromatic carbocycles. The minimum atomic E-state index is -0.277. The van der Waals surface area contributed by atoms with Gasteiger partial charge in [0.15, 0.2) is 5.16 Å². The van der Waals surface area contributed by atoms with E-state index in [1.807, 2.05) is 23.9 Å². The molecule has 2 amide bonds. The van der Waals surface area contributed by atoms with Gasteiger partial charge in [-0.15, -0.1) is 0 Å². The number of rotatable bonds is 5. The maximum atomic E-state index is 12.0. The monoisotopic (exact) mass is 360 g/mol. The van der Waals surface area contributed by atoms with Gasteiger partial charge >= 0.3 is 11.7 Å². The van der Waals surface area contributed by atoms with Crippen LogP contribution in [0.5, 0.6) is 0 Å². The summed E-state index contributed by atoms with van der Waals surface area (Å²) in [6.07, 6.45) is 3.63. The summed E-state index contributed by atoms with van der Waals surface area (Å²) in [5, 5.41) is 6.52. The van der Waals surface area contributed by atoms with E-state index < -0.39 is 0 Å². The van der Waals surface area contributed by atoms with E-state index in [2.05, 4.69) is 15.6 Å². The van der Waals surface area contributed by atoms with Crippen LogP contribution < -0.4 is 16.3 Å². The van der Waals surface area contributed by atoms with Crippen molar-refractivity contribution in [3.63, 3.8) is 0 Å². The molecular weight excluding hydrogens is 340 g/mol. The minimum absolute atomic E-state index is 0.0945. The molecule has 0 saturated heterocycles. The van der Waals surface area contributed by atoms with E-state index in [0.717, 1.165) is 21.9 Å². The van der Waals surface area contributed by atoms with Crippen LogP contribution in [0.2, 0.25) is 0 Å². The number of hydrogen-bond acceptors (Lipinski definition) is 4. The Labute approximate surface area is 148 Å². The fourth-order valence-electron chi connectivity index (χ4n) is 2.56. The van der Waals surface area contributed by atoms with Gasteiger partial charge in [0, 0.05) is 51.5 Å². The van der Waals surface area contributed by atoms with Gasteiger partial charge in [0.05, 0.1) is 11.0 Å². The average molecular weight is 360 g/mol. The number of anilines is 1. The maximum Gasteiger partial charge on any atom is 0.328 e. The molecule has 3 aromatic rings. The van der Waals surface area contributed by atoms with Crippen LogP contribution in [0.25, 0.3) is 11.0 Å². The van der Waals surface area contributed by atoms with E-state index in [0.29, 0.717) is 12.2 Å². The van der Waals surface area contributed by atoms with Crippen LogP contribution in [-0.2, 0) is 21.1 Å². The van der Waals surface area contributed by atoms with Crippen molar-refractivity contribution in [3.05, 3.63) is 41.1 Å². The van der Waals surface area contributed by atoms with E-state index in [1.165, 1.54) is 0 Å². The molecule has 8 nitrogen and oxygen atoms in total. The lowest BCUT2D eigenvalue weighted by Crippen LogP contribution is -2.30. The normalized spacial score (nSPS) is 11.0. The summed E-state index contributed by atoms with van der Waals surface area (Å²) in [6.45, 7) is 0.523. The van der Waals surface area contributed by atoms with Crippen LogP contribution in [0.3, 0.4) is 0 Å². The predicted molar refractivity (Wildman–Crippen MR) is 99.1 cm³/mol. The van der Waals surface area contributed by atoms with Crippen molar-refractivity contribution in [2.45, 2.75) is 5.16 Å². The van der Waals surface area contributed by atoms with Gasteiger partial charge in [0.2, 0.25) is 0 Å². The highest BCUT2D eigenvalue weighted by molar-refractivity contribution is 7.99. The van der Waals surface area contributed by atoms with Gasteiger partial charge in [0.25, 0.3) is 0 Å². The van der Waals surface area contributed by atoms with E-state index >= 15 is 0 Å². The van der Waals surface area contributed by atoms with Gasteiger partial charge in [-0.25, -0.2) is 14.6 Å². The van der Waals surface area contributed by atoms with Crippen molar-refractivity contribution >= 4 is 34.5 Å². The molecule has 0 bridgehead atoms. The summed E-state index contributed by atoms with van der Waals surface area (Å²) < 4.78 is 5.07. The number of imidazole rings is 2. The van der Waals surface area contributed by atoms with Crippen LogP contribution >= 0.6 is 11.8 Å². The Kier molecular flexibility index (Phi) is 4.84. The van der Waals surface area contributed by atoms with E-state index in [4.69, 9.17) is 0 Å². The van der Waals surface area contributed by atoms with Crippen molar-refractivity contribution in [3.8, 4) is 0 Å². The molecule has 2 N–H and O–H groups in total. The summed E-state index contributed by atoms with van der Waals surface area (Å²) in [5.74, 6) is 0.727. The van der Waals surface area contributed by atoms with E-state index in [-0.39, 0.29) is 11.7 Å². The molecule has 3 rings (SSSR count). The Bertz CT molecular complexity index is 971. The highest BCUT2D eigenvalue weighted by Crippen LogP contribution is 2.17. The molecule has 0 aliphatic rings. The standard InChI is InChI=1S/C16H20N6O2S/c1-20-8-6-18-15(20)25-9-7-17-14(23)19-11-4-5-12-13(10-11)22(3)16(24)21(12)2/h4-6,8,10H,7,9H2,1-3H3,(H2,17,19,23). The number of benzene rings is 1. The third-order valence-corrected chi connectivity index (χ3v) is 4.99. The number of amides is 2. The van der Waals surface area contributed by atoms with E-state index in [9.17, 15) is 9.59 Å². The maximum absolute atomic E-state index is 12.0. The zero-order valence-corrected chi connectivity index (χ0v) is 15.1. The predicted octanol–water partition coefficient (Wildman–Crippen LogP) is 1.52. The molecule has 2 heterocycles. The van der Waals surface area contributed by atoms with Gasteiger partial charge in [-0.2, -0.15) is 0 Å². The van der Waals surface area contributed by atoms with Gasteiger partial charge < -0.3 is 15.2 Å². The molecule has 2 aromatic heterocycles. The molecule has 9 heteroatoms. The van der Waals surface area contributed by atoms with Crippen molar-refractivity contribution in [2.75, 3.05) is 17.6 Å². The largest absolute Gasteiger partial charge is 0.337 e. The number of thioether (sulfide) groups is 1. The number of carbonyl (C=O) groups is 1. The third-order valence-electron chi connectivity index (χ3n) is 3.93. The Morgan fingerprint density at radius 2 is 1.96 bits per heavy atom. The zero-order valence-electron chi connectivity index (χ0n) is 14.3. The topological polar surface area (TPSA) is 85.9 Å². The first kappa shape index (κ1) is 17.2. The molecule has 0 radical (unpaired) electrons. The molecule has 0 atom stereocenters. The smallest absolute Gasteiger partial charge is 0.328 e. The van der Waals surface area contributed by atoms with Crippen LogP contribution in [0.15, 0.2) is 40.5 Å². The van der Waals surface area contributed by atoms with E-state index in [1.54, 1.807) is 53.3 Å². The van der Waals surface area contributed by atoms with Gasteiger partial charge in [-0.1, -0.05) is 11.8 Å². The van der Waals surface area contributed by atoms with Gasteiger partial charge in [-0.3, -0.25) is 9.13 Å². The first-order valence-electron chi connectivity index (χ1n) is 7.78. The molecule has 0 spiro atoms. The van der Waals surface area contributed by atoms with Crippen molar-refractivity contribution in [1.82, 2.24) is 24.0 Å². The number of aryl methyl sites for hydroxylation is 3. The van der Waals surface area contributed by atoms with Crippen LogP contribution in [0, 0.1) is 0 Å². The second-order valence-electron chi connectivity index (χ2n) is 5.65. The summed E-state index contributed by atoms with van der Waals surface area (Å²) in [7, 11) is 5.37. The lowest BCUT2D eigenvalue weighted by molar-refractivity contribution is 0.252. The Morgan fingerprint density at radius 3 is 2.68 bits per heavy atom. The minimum Gasteiger partial charge on any atom is -0.337 e. The quantitative estimate of drug-likeness (QED) is 0.534. The number of nitrogens with zero attached hydrogens (tertiary/aromatic N) is 4. The molecule has 132 valence electrons. The van der Waals surface area contributed by atoms with Gasteiger partial charge in [0.1, 0.15) is 0 Å². The average Bonchev–Trinajstić information content (AvgIpc) is 3.09. The number of hydrogen-bond donors (Lipinski definition) is 2. The molecule has 0 unspecified atom stereocenters. The third kappa shape index (κ3) is 3.55. The Morgan fingerprint density at radius 1 is 1.20 bits per heavy atom. The first-order valence-corrected chi connectivity index (χ1v) is 8.76. The highest BCUT2D eigenvalue weighted by Gasteiger charge is 2.09. The summed E-state index contributed by atoms with van der Waals surface area (Å²) in [5.41, 5.74) is 2.14. The lowest BCUT2D eigenvalue weighted by atomic mass is 10.2.